The predicted molar refractivity (Wildman–Crippen MR) is 32.8 cm³/mol. The molecule has 0 aliphatic carbocycles. The molecule has 52 valence electrons. The number of carbonyl (C=O) groups is 1. The summed E-state index contributed by atoms with van der Waals surface area (Å²) in [5, 5.41) is 3.22. The second-order valence-electron chi connectivity index (χ2n) is 1.11. The second kappa shape index (κ2) is 4.89. The Morgan fingerprint density at radius 3 is 3.11 bits per heavy atom. The molecule has 0 heterocycles. The molecule has 0 saturated heterocycles. The molecule has 0 aromatic rings. The molecule has 9 heavy (non-hydrogen) atoms. The van der Waals surface area contributed by atoms with Gasteiger partial charge in [-0.25, -0.2) is 10.2 Å². The zero-order valence-electron chi connectivity index (χ0n) is 5.13. The Kier molecular flexibility index (Phi) is 4.20. The molecule has 0 aliphatic heterocycles. The molecule has 0 radical (unpaired) electrons. The molecule has 5 heteroatoms. The fraction of sp³-hybridized carbons (Fsp3) is 0.500. The Labute approximate surface area is 52.9 Å². The van der Waals surface area contributed by atoms with Crippen LogP contribution in [0.15, 0.2) is 5.10 Å². The molecule has 0 bridgehead atoms. The fourth-order valence-electron chi connectivity index (χ4n) is 0.253. The number of amides is 1. The maximum Gasteiger partial charge on any atom is 0.427 e. The molecule has 0 aromatic carbocycles. The first-order chi connectivity index (χ1) is 4.31. The van der Waals surface area contributed by atoms with Crippen LogP contribution in [-0.4, -0.2) is 19.0 Å². The average Bonchev–Trinajstić information content (AvgIpc) is 1.85. The van der Waals surface area contributed by atoms with Crippen molar-refractivity contribution in [2.75, 3.05) is 6.61 Å². The van der Waals surface area contributed by atoms with Gasteiger partial charge in [-0.15, -0.1) is 0 Å². The number of nitrogens with one attached hydrogen (secondary N) is 1. The number of hydrazone groups is 1. The molecule has 3 N–H and O–H groups in total. The van der Waals surface area contributed by atoms with Crippen molar-refractivity contribution in [2.45, 2.75) is 6.92 Å². The molecule has 0 atom stereocenters. The molecule has 0 spiro atoms. The summed E-state index contributed by atoms with van der Waals surface area (Å²) in [5.74, 6) is 0. The van der Waals surface area contributed by atoms with Crippen LogP contribution in [0.1, 0.15) is 6.92 Å². The Morgan fingerprint density at radius 1 is 2.00 bits per heavy atom. The highest BCUT2D eigenvalue weighted by Crippen LogP contribution is 1.73. The van der Waals surface area contributed by atoms with E-state index in [0.717, 1.165) is 6.34 Å². The number of ether oxygens (including phenoxy) is 1. The van der Waals surface area contributed by atoms with Crippen molar-refractivity contribution in [2.24, 2.45) is 10.8 Å². The molecular formula is C4H9N3O2. The third-order valence-electron chi connectivity index (χ3n) is 0.506. The van der Waals surface area contributed by atoms with E-state index in [-0.39, 0.29) is 0 Å². The third kappa shape index (κ3) is 4.60. The van der Waals surface area contributed by atoms with E-state index >= 15 is 0 Å². The number of hydrogen-bond acceptors (Lipinski definition) is 3. The summed E-state index contributed by atoms with van der Waals surface area (Å²) in [6, 6.07) is 0. The van der Waals surface area contributed by atoms with Crippen LogP contribution >= 0.6 is 0 Å². The van der Waals surface area contributed by atoms with E-state index in [4.69, 9.17) is 5.73 Å². The Bertz CT molecular complexity index is 112. The summed E-state index contributed by atoms with van der Waals surface area (Å²) in [6.07, 6.45) is 0.371. The van der Waals surface area contributed by atoms with Crippen molar-refractivity contribution >= 4 is 12.4 Å². The van der Waals surface area contributed by atoms with Gasteiger partial charge in [0.1, 0.15) is 6.34 Å². The normalized spacial score (nSPS) is 9.44. The van der Waals surface area contributed by atoms with Crippen LogP contribution in [0.3, 0.4) is 0 Å². The van der Waals surface area contributed by atoms with Gasteiger partial charge in [0.2, 0.25) is 0 Å². The monoisotopic (exact) mass is 131 g/mol. The first-order valence-electron chi connectivity index (χ1n) is 2.47. The fourth-order valence-corrected chi connectivity index (χ4v) is 0.253. The third-order valence-corrected chi connectivity index (χ3v) is 0.506. The minimum atomic E-state index is -0.598. The Hall–Kier alpha value is -1.26. The van der Waals surface area contributed by atoms with Crippen molar-refractivity contribution in [1.29, 1.82) is 0 Å². The summed E-state index contributed by atoms with van der Waals surface area (Å²) in [4.78, 5) is 10.3. The number of hydrogen-bond donors (Lipinski definition) is 2. The minimum absolute atomic E-state index is 0.325. The lowest BCUT2D eigenvalue weighted by Crippen LogP contribution is -2.19. The van der Waals surface area contributed by atoms with Crippen molar-refractivity contribution in [3.8, 4) is 0 Å². The van der Waals surface area contributed by atoms with Crippen LogP contribution in [0.25, 0.3) is 0 Å². The molecule has 0 aliphatic rings. The lowest BCUT2D eigenvalue weighted by atomic mass is 10.9. The van der Waals surface area contributed by atoms with Gasteiger partial charge in [-0.3, -0.25) is 0 Å². The summed E-state index contributed by atoms with van der Waals surface area (Å²) in [6.45, 7) is 2.03. The van der Waals surface area contributed by atoms with E-state index in [9.17, 15) is 4.79 Å². The van der Waals surface area contributed by atoms with Crippen molar-refractivity contribution < 1.29 is 9.53 Å². The highest BCUT2D eigenvalue weighted by molar-refractivity contribution is 5.68. The molecule has 0 rings (SSSR count). The summed E-state index contributed by atoms with van der Waals surface area (Å²) in [7, 11) is 0. The van der Waals surface area contributed by atoms with Crippen molar-refractivity contribution in [3.05, 3.63) is 0 Å². The van der Waals surface area contributed by atoms with E-state index in [2.05, 4.69) is 9.84 Å². The topological polar surface area (TPSA) is 76.7 Å². The Balaban J connectivity index is 3.27. The largest absolute Gasteiger partial charge is 0.449 e. The van der Waals surface area contributed by atoms with Crippen LogP contribution < -0.4 is 11.2 Å². The number of carbonyl (C=O) groups excluding carboxylic acids is 1. The zero-order chi connectivity index (χ0) is 7.11. The molecule has 0 aromatic heterocycles. The molecule has 5 nitrogen and oxygen atoms in total. The smallest absolute Gasteiger partial charge is 0.427 e. The molecule has 0 fully saturated rings. The van der Waals surface area contributed by atoms with Crippen LogP contribution in [0.4, 0.5) is 4.79 Å². The van der Waals surface area contributed by atoms with Crippen molar-refractivity contribution in [1.82, 2.24) is 5.43 Å². The van der Waals surface area contributed by atoms with Gasteiger partial charge >= 0.3 is 6.09 Å². The molecule has 0 unspecified atom stereocenters. The lowest BCUT2D eigenvalue weighted by molar-refractivity contribution is 0.152. The summed E-state index contributed by atoms with van der Waals surface area (Å²) < 4.78 is 4.42. The van der Waals surface area contributed by atoms with Gasteiger partial charge in [-0.1, -0.05) is 0 Å². The van der Waals surface area contributed by atoms with Crippen molar-refractivity contribution in [3.63, 3.8) is 0 Å². The molecule has 0 saturated carbocycles. The van der Waals surface area contributed by atoms with Gasteiger partial charge in [0.15, 0.2) is 0 Å². The van der Waals surface area contributed by atoms with E-state index in [1.807, 2.05) is 5.43 Å². The van der Waals surface area contributed by atoms with E-state index in [1.165, 1.54) is 0 Å². The van der Waals surface area contributed by atoms with Crippen LogP contribution in [0.5, 0.6) is 0 Å². The van der Waals surface area contributed by atoms with Gasteiger partial charge in [0.05, 0.1) is 6.61 Å². The quantitative estimate of drug-likeness (QED) is 0.305. The van der Waals surface area contributed by atoms with Gasteiger partial charge in [0, 0.05) is 0 Å². The summed E-state index contributed by atoms with van der Waals surface area (Å²) >= 11 is 0. The van der Waals surface area contributed by atoms with Gasteiger partial charge in [0.25, 0.3) is 0 Å². The van der Waals surface area contributed by atoms with Gasteiger partial charge < -0.3 is 10.5 Å². The van der Waals surface area contributed by atoms with Crippen LogP contribution in [0.2, 0.25) is 0 Å². The number of nitrogens with zero attached hydrogens (tertiary/aromatic N) is 1. The standard InChI is InChI=1S/C4H9N3O2/c1-2-9-4(8)7-6-3-5/h3H,2H2,1H3,(H2,5,6)(H,7,8). The molecular weight excluding hydrogens is 122 g/mol. The number of rotatable bonds is 2. The van der Waals surface area contributed by atoms with E-state index in [0.29, 0.717) is 6.61 Å². The maximum absolute atomic E-state index is 10.3. The second-order valence-corrected chi connectivity index (χ2v) is 1.11. The van der Waals surface area contributed by atoms with Crippen LogP contribution in [0, 0.1) is 0 Å². The first kappa shape index (κ1) is 7.74. The SMILES string of the molecule is CCOC(=O)NN=CN. The van der Waals surface area contributed by atoms with E-state index < -0.39 is 6.09 Å². The molecule has 1 amide bonds. The van der Waals surface area contributed by atoms with Gasteiger partial charge in [-0.05, 0) is 6.92 Å². The summed E-state index contributed by atoms with van der Waals surface area (Å²) in [5.41, 5.74) is 6.83. The van der Waals surface area contributed by atoms with E-state index in [1.54, 1.807) is 6.92 Å². The first-order valence-corrected chi connectivity index (χ1v) is 2.47. The highest BCUT2D eigenvalue weighted by Gasteiger charge is 1.93. The highest BCUT2D eigenvalue weighted by atomic mass is 16.5. The predicted octanol–water partition coefficient (Wildman–Crippen LogP) is -0.365. The average molecular weight is 131 g/mol. The minimum Gasteiger partial charge on any atom is -0.449 e. The zero-order valence-corrected chi connectivity index (χ0v) is 5.13. The van der Waals surface area contributed by atoms with Crippen LogP contribution in [-0.2, 0) is 4.74 Å². The van der Waals surface area contributed by atoms with Gasteiger partial charge in [-0.2, -0.15) is 5.10 Å². The lowest BCUT2D eigenvalue weighted by Gasteiger charge is -1.96. The Morgan fingerprint density at radius 2 is 2.67 bits per heavy atom. The number of nitrogens with two attached hydrogens (primary N) is 1. The maximum atomic E-state index is 10.3.